The molecule has 0 amide bonds. The molecule has 6 nitrogen and oxygen atoms in total. The largest absolute Gasteiger partial charge is 0.479 e. The summed E-state index contributed by atoms with van der Waals surface area (Å²) in [5.41, 5.74) is 2.94. The number of carbonyl (C=O) groups is 2. The van der Waals surface area contributed by atoms with Crippen LogP contribution < -0.4 is 11.9 Å². The van der Waals surface area contributed by atoms with E-state index in [1.807, 2.05) is 6.92 Å². The average Bonchev–Trinajstić information content (AvgIpc) is 2.10. The third-order valence-electron chi connectivity index (χ3n) is 2.07. The van der Waals surface area contributed by atoms with E-state index < -0.39 is 23.1 Å². The first kappa shape index (κ1) is 18.2. The van der Waals surface area contributed by atoms with E-state index in [1.165, 1.54) is 0 Å². The molecule has 0 aliphatic carbocycles. The summed E-state index contributed by atoms with van der Waals surface area (Å²) < 4.78 is 5.02. The van der Waals surface area contributed by atoms with Crippen LogP contribution in [0.5, 0.6) is 0 Å². The van der Waals surface area contributed by atoms with Crippen molar-refractivity contribution in [1.29, 1.82) is 0 Å². The number of unbranched alkanes of at least 4 members (excludes halogenated alkanes) is 1. The van der Waals surface area contributed by atoms with Crippen LogP contribution in [0, 0.1) is 0 Å². The second-order valence-corrected chi connectivity index (χ2v) is 4.88. The lowest BCUT2D eigenvalue weighted by atomic mass is 9.94. The number of rotatable bonds is 5. The third-order valence-corrected chi connectivity index (χ3v) is 2.07. The minimum Gasteiger partial charge on any atom is -0.479 e. The van der Waals surface area contributed by atoms with E-state index in [0.717, 1.165) is 6.42 Å². The van der Waals surface area contributed by atoms with Gasteiger partial charge in [-0.15, -0.1) is 0 Å². The lowest BCUT2D eigenvalue weighted by Gasteiger charge is -2.28. The second kappa shape index (κ2) is 6.56. The van der Waals surface area contributed by atoms with Gasteiger partial charge in [-0.2, -0.15) is 0 Å². The van der Waals surface area contributed by atoms with Crippen molar-refractivity contribution in [2.24, 2.45) is 5.73 Å². The van der Waals surface area contributed by atoms with Crippen molar-refractivity contribution in [3.8, 4) is 0 Å². The molecule has 102 valence electrons. The normalized spacial score (nSPS) is 14.4. The zero-order valence-corrected chi connectivity index (χ0v) is 11.1. The maximum atomic E-state index is 11.7. The van der Waals surface area contributed by atoms with E-state index in [2.05, 4.69) is 0 Å². The van der Waals surface area contributed by atoms with Gasteiger partial charge in [0.25, 0.3) is 0 Å². The van der Waals surface area contributed by atoms with Gasteiger partial charge in [-0.25, -0.2) is 9.59 Å². The molecule has 0 aliphatic heterocycles. The van der Waals surface area contributed by atoms with Gasteiger partial charge in [0.2, 0.25) is 5.54 Å². The molecule has 0 aromatic heterocycles. The van der Waals surface area contributed by atoms with Crippen molar-refractivity contribution in [3.05, 3.63) is 0 Å². The Morgan fingerprint density at radius 1 is 1.29 bits per heavy atom. The molecule has 0 bridgehead atoms. The molecule has 0 aromatic rings. The van der Waals surface area contributed by atoms with Crippen molar-refractivity contribution in [2.75, 3.05) is 0 Å². The number of esters is 1. The molecule has 1 atom stereocenters. The van der Waals surface area contributed by atoms with Crippen molar-refractivity contribution in [1.82, 2.24) is 6.15 Å². The summed E-state index contributed by atoms with van der Waals surface area (Å²) in [5, 5.41) is 9.00. The van der Waals surface area contributed by atoms with Crippen LogP contribution in [0.3, 0.4) is 0 Å². The van der Waals surface area contributed by atoms with Crippen molar-refractivity contribution in [2.45, 2.75) is 58.1 Å². The molecule has 6 heteroatoms. The van der Waals surface area contributed by atoms with E-state index in [9.17, 15) is 9.59 Å². The second-order valence-electron chi connectivity index (χ2n) is 4.88. The molecule has 0 spiro atoms. The predicted octanol–water partition coefficient (Wildman–Crippen LogP) is 1.46. The van der Waals surface area contributed by atoms with Crippen LogP contribution in [0.1, 0.15) is 47.0 Å². The first-order valence-corrected chi connectivity index (χ1v) is 5.39. The Bertz CT molecular complexity index is 273. The van der Waals surface area contributed by atoms with Crippen LogP contribution in [-0.2, 0) is 14.3 Å². The van der Waals surface area contributed by atoms with Crippen molar-refractivity contribution < 1.29 is 19.4 Å². The summed E-state index contributed by atoms with van der Waals surface area (Å²) in [7, 11) is 0. The van der Waals surface area contributed by atoms with Crippen molar-refractivity contribution >= 4 is 11.9 Å². The Kier molecular flexibility index (Phi) is 7.04. The van der Waals surface area contributed by atoms with E-state index in [4.69, 9.17) is 15.6 Å². The smallest absolute Gasteiger partial charge is 0.338 e. The van der Waals surface area contributed by atoms with E-state index >= 15 is 0 Å². The Morgan fingerprint density at radius 3 is 2.06 bits per heavy atom. The summed E-state index contributed by atoms with van der Waals surface area (Å²) >= 11 is 0. The first-order chi connectivity index (χ1) is 7.13. The fourth-order valence-corrected chi connectivity index (χ4v) is 1.12. The van der Waals surface area contributed by atoms with Gasteiger partial charge in [0.15, 0.2) is 0 Å². The molecule has 6 N–H and O–H groups in total. The highest BCUT2D eigenvalue weighted by molar-refractivity contribution is 6.03. The number of aliphatic carboxylic acids is 1. The van der Waals surface area contributed by atoms with Crippen molar-refractivity contribution in [3.63, 3.8) is 0 Å². The van der Waals surface area contributed by atoms with Gasteiger partial charge >= 0.3 is 11.9 Å². The first-order valence-electron chi connectivity index (χ1n) is 5.39. The number of hydrogen-bond donors (Lipinski definition) is 3. The van der Waals surface area contributed by atoms with E-state index in [0.29, 0.717) is 6.42 Å². The standard InChI is InChI=1S/C11H21NO4.H3N/c1-5-6-7-11(12,8(13)14)9(15)16-10(2,3)4;/h5-7,12H2,1-4H3,(H,13,14);1H3. The molecule has 0 radical (unpaired) electrons. The number of nitrogens with two attached hydrogens (primary N) is 1. The molecule has 0 rings (SSSR count). The number of carboxylic acid groups (broad SMARTS) is 1. The number of ether oxygens (including phenoxy) is 1. The number of carbonyl (C=O) groups excluding carboxylic acids is 1. The molecule has 17 heavy (non-hydrogen) atoms. The molecule has 1 unspecified atom stereocenters. The molecule has 0 saturated carbocycles. The third kappa shape index (κ3) is 5.65. The van der Waals surface area contributed by atoms with Crippen LogP contribution in [0.25, 0.3) is 0 Å². The molecule has 0 aliphatic rings. The lowest BCUT2D eigenvalue weighted by Crippen LogP contribution is -2.57. The van der Waals surface area contributed by atoms with E-state index in [-0.39, 0.29) is 12.6 Å². The minimum atomic E-state index is -1.93. The zero-order chi connectivity index (χ0) is 13.0. The summed E-state index contributed by atoms with van der Waals surface area (Å²) in [6.07, 6.45) is 1.44. The fourth-order valence-electron chi connectivity index (χ4n) is 1.12. The highest BCUT2D eigenvalue weighted by Gasteiger charge is 2.44. The molecule has 0 aromatic carbocycles. The zero-order valence-electron chi connectivity index (χ0n) is 11.1. The summed E-state index contributed by atoms with van der Waals surface area (Å²) in [6.45, 7) is 6.92. The SMILES string of the molecule is CCCCC(N)(C(=O)O)C(=O)OC(C)(C)C.N. The lowest BCUT2D eigenvalue weighted by molar-refractivity contribution is -0.169. The average molecular weight is 248 g/mol. The number of hydrogen-bond acceptors (Lipinski definition) is 5. The van der Waals surface area contributed by atoms with Crippen LogP contribution in [0.2, 0.25) is 0 Å². The number of carboxylic acids is 1. The van der Waals surface area contributed by atoms with Gasteiger partial charge in [0.1, 0.15) is 5.60 Å². The van der Waals surface area contributed by atoms with Gasteiger partial charge in [-0.3, -0.25) is 0 Å². The minimum absolute atomic E-state index is 0. The van der Waals surface area contributed by atoms with Crippen LogP contribution in [0.4, 0.5) is 0 Å². The van der Waals surface area contributed by atoms with Gasteiger partial charge in [-0.05, 0) is 27.2 Å². The Hall–Kier alpha value is -1.14. The summed E-state index contributed by atoms with van der Waals surface area (Å²) in [6, 6.07) is 0. The fraction of sp³-hybridized carbons (Fsp3) is 0.818. The highest BCUT2D eigenvalue weighted by Crippen LogP contribution is 2.18. The molecule has 0 fully saturated rings. The maximum Gasteiger partial charge on any atom is 0.338 e. The quantitative estimate of drug-likeness (QED) is 0.499. The molecule has 0 heterocycles. The topological polar surface area (TPSA) is 125 Å². The van der Waals surface area contributed by atoms with Gasteiger partial charge in [-0.1, -0.05) is 19.8 Å². The van der Waals surface area contributed by atoms with E-state index in [1.54, 1.807) is 20.8 Å². The molecular weight excluding hydrogens is 224 g/mol. The Morgan fingerprint density at radius 2 is 1.76 bits per heavy atom. The van der Waals surface area contributed by atoms with Crippen LogP contribution >= 0.6 is 0 Å². The van der Waals surface area contributed by atoms with Crippen LogP contribution in [0.15, 0.2) is 0 Å². The van der Waals surface area contributed by atoms with Gasteiger partial charge in [0, 0.05) is 0 Å². The van der Waals surface area contributed by atoms with Crippen LogP contribution in [-0.4, -0.2) is 28.2 Å². The Balaban J connectivity index is 0. The maximum absolute atomic E-state index is 11.7. The van der Waals surface area contributed by atoms with Gasteiger partial charge in [0.05, 0.1) is 0 Å². The highest BCUT2D eigenvalue weighted by atomic mass is 16.6. The predicted molar refractivity (Wildman–Crippen MR) is 64.9 cm³/mol. The molecular formula is C11H24N2O4. The summed E-state index contributed by atoms with van der Waals surface area (Å²) in [4.78, 5) is 22.7. The summed E-state index contributed by atoms with van der Waals surface area (Å²) in [5.74, 6) is -2.21. The van der Waals surface area contributed by atoms with Gasteiger partial charge < -0.3 is 21.7 Å². The molecule has 0 saturated heterocycles. The monoisotopic (exact) mass is 248 g/mol. The Labute approximate surface area is 102 Å².